The molecule has 0 saturated carbocycles. The van der Waals surface area contributed by atoms with Crippen molar-refractivity contribution < 1.29 is 13.2 Å². The molecule has 1 aromatic rings. The van der Waals surface area contributed by atoms with E-state index in [4.69, 9.17) is 0 Å². The summed E-state index contributed by atoms with van der Waals surface area (Å²) in [6, 6.07) is 0.0617. The maximum atomic E-state index is 12.4. The fourth-order valence-corrected chi connectivity index (χ4v) is 4.75. The van der Waals surface area contributed by atoms with E-state index in [1.807, 2.05) is 11.6 Å². The minimum Gasteiger partial charge on any atom is -0.353 e. The van der Waals surface area contributed by atoms with E-state index >= 15 is 0 Å². The van der Waals surface area contributed by atoms with Crippen molar-refractivity contribution in [2.75, 3.05) is 18.8 Å². The summed E-state index contributed by atoms with van der Waals surface area (Å²) in [6.45, 7) is 11.9. The molecule has 0 spiro atoms. The number of carbonyl (C=O) groups excluding carboxylic acids is 1. The summed E-state index contributed by atoms with van der Waals surface area (Å²) < 4.78 is 27.4. The number of amides is 1. The summed E-state index contributed by atoms with van der Waals surface area (Å²) >= 11 is 0. The molecule has 0 bridgehead atoms. The molecule has 1 aromatic heterocycles. The van der Waals surface area contributed by atoms with Crippen LogP contribution in [-0.4, -0.2) is 53.3 Å². The lowest BCUT2D eigenvalue weighted by Crippen LogP contribution is -2.46. The Morgan fingerprint density at radius 2 is 1.89 bits per heavy atom. The summed E-state index contributed by atoms with van der Waals surface area (Å²) in [7, 11) is -3.12. The smallest absolute Gasteiger partial charge is 0.220 e. The first-order valence-corrected chi connectivity index (χ1v) is 11.5. The molecule has 1 fully saturated rings. The average molecular weight is 399 g/mol. The normalized spacial score (nSPS) is 16.8. The summed E-state index contributed by atoms with van der Waals surface area (Å²) in [5.41, 5.74) is 3.31. The second-order valence-corrected chi connectivity index (χ2v) is 10.1. The lowest BCUT2D eigenvalue weighted by atomic mass is 10.0. The lowest BCUT2D eigenvalue weighted by molar-refractivity contribution is -0.122. The first-order valence-electron chi connectivity index (χ1n) is 9.94. The van der Waals surface area contributed by atoms with Gasteiger partial charge in [0.1, 0.15) is 0 Å². The Morgan fingerprint density at radius 3 is 2.44 bits per heavy atom. The monoisotopic (exact) mass is 398 g/mol. The van der Waals surface area contributed by atoms with Gasteiger partial charge in [-0.25, -0.2) is 12.7 Å². The van der Waals surface area contributed by atoms with Gasteiger partial charge in [-0.3, -0.25) is 9.48 Å². The van der Waals surface area contributed by atoms with Gasteiger partial charge < -0.3 is 5.32 Å². The van der Waals surface area contributed by atoms with Crippen molar-refractivity contribution in [2.45, 2.75) is 72.9 Å². The van der Waals surface area contributed by atoms with Crippen LogP contribution < -0.4 is 5.32 Å². The van der Waals surface area contributed by atoms with Gasteiger partial charge in [0.05, 0.1) is 11.4 Å². The van der Waals surface area contributed by atoms with E-state index in [1.54, 1.807) is 6.92 Å². The third-order valence-corrected chi connectivity index (χ3v) is 7.13. The maximum Gasteiger partial charge on any atom is 0.220 e. The second kappa shape index (κ2) is 9.19. The van der Waals surface area contributed by atoms with E-state index in [1.165, 1.54) is 4.31 Å². The van der Waals surface area contributed by atoms with Crippen molar-refractivity contribution in [3.8, 4) is 0 Å². The molecule has 1 saturated heterocycles. The molecule has 1 aliphatic heterocycles. The molecule has 1 aliphatic rings. The van der Waals surface area contributed by atoms with Crippen molar-refractivity contribution in [3.63, 3.8) is 0 Å². The van der Waals surface area contributed by atoms with E-state index in [0.29, 0.717) is 44.7 Å². The Morgan fingerprint density at radius 1 is 1.26 bits per heavy atom. The third kappa shape index (κ3) is 5.78. The average Bonchev–Trinajstić information content (AvgIpc) is 2.86. The topological polar surface area (TPSA) is 84.3 Å². The van der Waals surface area contributed by atoms with Crippen molar-refractivity contribution in [3.05, 3.63) is 17.0 Å². The van der Waals surface area contributed by atoms with Crippen LogP contribution in [0, 0.1) is 19.8 Å². The number of rotatable bonds is 8. The number of sulfonamides is 1. The second-order valence-electron chi connectivity index (χ2n) is 7.87. The van der Waals surface area contributed by atoms with Gasteiger partial charge in [0, 0.05) is 37.8 Å². The number of carbonyl (C=O) groups is 1. The standard InChI is InChI=1S/C19H34N4O3S/c1-6-27(25,26)22-11-9-17(10-12-22)20-19(24)8-7-18-15(4)21-23(16(18)5)13-14(2)3/h14,17H,6-13H2,1-5H3,(H,20,24). The summed E-state index contributed by atoms with van der Waals surface area (Å²) in [4.78, 5) is 12.4. The molecule has 2 heterocycles. The zero-order chi connectivity index (χ0) is 20.2. The molecule has 0 aromatic carbocycles. The number of nitrogens with zero attached hydrogens (tertiary/aromatic N) is 3. The van der Waals surface area contributed by atoms with Crippen LogP contribution in [0.2, 0.25) is 0 Å². The molecule has 0 atom stereocenters. The summed E-state index contributed by atoms with van der Waals surface area (Å²) in [5.74, 6) is 0.691. The molecule has 0 unspecified atom stereocenters. The number of aryl methyl sites for hydroxylation is 1. The molecule has 27 heavy (non-hydrogen) atoms. The fraction of sp³-hybridized carbons (Fsp3) is 0.789. The zero-order valence-corrected chi connectivity index (χ0v) is 18.1. The molecule has 1 amide bonds. The Bertz CT molecular complexity index is 747. The Hall–Kier alpha value is -1.41. The van der Waals surface area contributed by atoms with Crippen molar-refractivity contribution in [2.24, 2.45) is 5.92 Å². The Kier molecular flexibility index (Phi) is 7.45. The highest BCUT2D eigenvalue weighted by molar-refractivity contribution is 7.89. The summed E-state index contributed by atoms with van der Waals surface area (Å²) in [5, 5.41) is 7.68. The number of aromatic nitrogens is 2. The number of piperidine rings is 1. The van der Waals surface area contributed by atoms with Gasteiger partial charge in [0.2, 0.25) is 15.9 Å². The van der Waals surface area contributed by atoms with Crippen molar-refractivity contribution in [1.29, 1.82) is 0 Å². The van der Waals surface area contributed by atoms with E-state index in [2.05, 4.69) is 31.2 Å². The predicted molar refractivity (Wildman–Crippen MR) is 107 cm³/mol. The fourth-order valence-electron chi connectivity index (χ4n) is 3.62. The van der Waals surface area contributed by atoms with E-state index in [9.17, 15) is 13.2 Å². The third-order valence-electron chi connectivity index (χ3n) is 5.25. The number of nitrogens with one attached hydrogen (secondary N) is 1. The molecular formula is C19H34N4O3S. The number of hydrogen-bond donors (Lipinski definition) is 1. The quantitative estimate of drug-likeness (QED) is 0.726. The van der Waals surface area contributed by atoms with Crippen LogP contribution >= 0.6 is 0 Å². The number of hydrogen-bond acceptors (Lipinski definition) is 4. The van der Waals surface area contributed by atoms with Gasteiger partial charge in [-0.05, 0) is 51.5 Å². The molecule has 8 heteroatoms. The van der Waals surface area contributed by atoms with Crippen molar-refractivity contribution >= 4 is 15.9 Å². The van der Waals surface area contributed by atoms with Gasteiger partial charge in [-0.1, -0.05) is 13.8 Å². The van der Waals surface area contributed by atoms with Gasteiger partial charge in [0.25, 0.3) is 0 Å². The largest absolute Gasteiger partial charge is 0.353 e. The maximum absolute atomic E-state index is 12.4. The van der Waals surface area contributed by atoms with Gasteiger partial charge in [-0.2, -0.15) is 5.10 Å². The summed E-state index contributed by atoms with van der Waals surface area (Å²) in [6.07, 6.45) is 2.47. The SMILES string of the molecule is CCS(=O)(=O)N1CCC(NC(=O)CCc2c(C)nn(CC(C)C)c2C)CC1. The predicted octanol–water partition coefficient (Wildman–Crippen LogP) is 2.02. The van der Waals surface area contributed by atoms with Crippen LogP contribution in [0.25, 0.3) is 0 Å². The highest BCUT2D eigenvalue weighted by atomic mass is 32.2. The van der Waals surface area contributed by atoms with Crippen molar-refractivity contribution in [1.82, 2.24) is 19.4 Å². The van der Waals surface area contributed by atoms with Crippen LogP contribution in [0.5, 0.6) is 0 Å². The first-order chi connectivity index (χ1) is 12.6. The lowest BCUT2D eigenvalue weighted by Gasteiger charge is -2.31. The molecule has 0 radical (unpaired) electrons. The molecular weight excluding hydrogens is 364 g/mol. The van der Waals surface area contributed by atoms with Crippen LogP contribution in [0.15, 0.2) is 0 Å². The molecule has 7 nitrogen and oxygen atoms in total. The van der Waals surface area contributed by atoms with Gasteiger partial charge >= 0.3 is 0 Å². The van der Waals surface area contributed by atoms with E-state index in [-0.39, 0.29) is 17.7 Å². The minimum absolute atomic E-state index is 0.0298. The van der Waals surface area contributed by atoms with E-state index in [0.717, 1.165) is 23.5 Å². The molecule has 2 rings (SSSR count). The highest BCUT2D eigenvalue weighted by Gasteiger charge is 2.27. The van der Waals surface area contributed by atoms with E-state index < -0.39 is 10.0 Å². The van der Waals surface area contributed by atoms with Crippen LogP contribution in [0.4, 0.5) is 0 Å². The Balaban J connectivity index is 1.83. The Labute approximate surface area is 163 Å². The molecule has 1 N–H and O–H groups in total. The van der Waals surface area contributed by atoms with Gasteiger partial charge in [-0.15, -0.1) is 0 Å². The zero-order valence-electron chi connectivity index (χ0n) is 17.3. The minimum atomic E-state index is -3.12. The van der Waals surface area contributed by atoms with Gasteiger partial charge in [0.15, 0.2) is 0 Å². The molecule has 154 valence electrons. The van der Waals surface area contributed by atoms with Crippen LogP contribution in [0.1, 0.15) is 57.0 Å². The van der Waals surface area contributed by atoms with Crippen LogP contribution in [-0.2, 0) is 27.8 Å². The highest BCUT2D eigenvalue weighted by Crippen LogP contribution is 2.18. The van der Waals surface area contributed by atoms with Crippen LogP contribution in [0.3, 0.4) is 0 Å². The molecule has 0 aliphatic carbocycles. The first kappa shape index (κ1) is 21.9.